The number of rotatable bonds is 5. The van der Waals surface area contributed by atoms with E-state index in [1.54, 1.807) is 31.2 Å². The first kappa shape index (κ1) is 21.1. The summed E-state index contributed by atoms with van der Waals surface area (Å²) in [5.74, 6) is 0.249. The van der Waals surface area contributed by atoms with E-state index in [1.165, 1.54) is 19.3 Å². The summed E-state index contributed by atoms with van der Waals surface area (Å²) in [7, 11) is 0. The van der Waals surface area contributed by atoms with Crippen molar-refractivity contribution in [1.29, 1.82) is 0 Å². The van der Waals surface area contributed by atoms with Crippen molar-refractivity contribution in [2.75, 3.05) is 18.4 Å². The lowest BCUT2D eigenvalue weighted by Crippen LogP contribution is -2.40. The molecule has 0 aliphatic carbocycles. The highest BCUT2D eigenvalue weighted by Crippen LogP contribution is 2.25. The SMILES string of the molecule is CC1(c2ccc(C(=O)Nc3ccc4nc(CN5CCCCC5)[nH]c4c3)cc2)NC(=O)NC1=O. The number of imide groups is 1. The number of carbonyl (C=O) groups excluding carboxylic acids is 3. The Morgan fingerprint density at radius 2 is 1.85 bits per heavy atom. The van der Waals surface area contributed by atoms with Crippen LogP contribution in [0.1, 0.15) is 47.9 Å². The van der Waals surface area contributed by atoms with Crippen molar-refractivity contribution < 1.29 is 14.4 Å². The standard InChI is InChI=1S/C24H26N6O3/c1-24(22(32)28-23(33)29-24)16-7-5-15(6-8-16)21(31)25-17-9-10-18-19(13-17)27-20(26-18)14-30-11-3-2-4-12-30/h5-10,13H,2-4,11-12,14H2,1H3,(H,25,31)(H,26,27)(H2,28,29,32,33). The average molecular weight is 447 g/mol. The number of amides is 4. The zero-order valence-electron chi connectivity index (χ0n) is 18.4. The number of carbonyl (C=O) groups is 3. The van der Waals surface area contributed by atoms with E-state index in [0.717, 1.165) is 36.5 Å². The zero-order chi connectivity index (χ0) is 23.0. The van der Waals surface area contributed by atoms with Crippen molar-refractivity contribution in [3.63, 3.8) is 0 Å². The fraction of sp³-hybridized carbons (Fsp3) is 0.333. The highest BCUT2D eigenvalue weighted by Gasteiger charge is 2.43. The number of aromatic amines is 1. The van der Waals surface area contributed by atoms with Crippen LogP contribution in [-0.4, -0.2) is 45.8 Å². The minimum Gasteiger partial charge on any atom is -0.341 e. The topological polar surface area (TPSA) is 119 Å². The van der Waals surface area contributed by atoms with E-state index >= 15 is 0 Å². The van der Waals surface area contributed by atoms with Gasteiger partial charge in [0.15, 0.2) is 0 Å². The van der Waals surface area contributed by atoms with Gasteiger partial charge in [0.2, 0.25) is 0 Å². The summed E-state index contributed by atoms with van der Waals surface area (Å²) in [6, 6.07) is 11.7. The molecule has 33 heavy (non-hydrogen) atoms. The van der Waals surface area contributed by atoms with E-state index in [0.29, 0.717) is 16.8 Å². The lowest BCUT2D eigenvalue weighted by atomic mass is 9.91. The molecule has 9 nitrogen and oxygen atoms in total. The van der Waals surface area contributed by atoms with Crippen LogP contribution in [0.4, 0.5) is 10.5 Å². The molecule has 4 N–H and O–H groups in total. The molecule has 4 amide bonds. The normalized spacial score (nSPS) is 21.1. The molecular formula is C24H26N6O3. The Hall–Kier alpha value is -3.72. The first-order valence-electron chi connectivity index (χ1n) is 11.2. The largest absolute Gasteiger partial charge is 0.341 e. The summed E-state index contributed by atoms with van der Waals surface area (Å²) in [6.45, 7) is 4.64. The van der Waals surface area contributed by atoms with E-state index in [9.17, 15) is 14.4 Å². The second-order valence-electron chi connectivity index (χ2n) is 8.82. The van der Waals surface area contributed by atoms with Gasteiger partial charge in [0.25, 0.3) is 11.8 Å². The molecule has 1 aromatic heterocycles. The Morgan fingerprint density at radius 3 is 2.55 bits per heavy atom. The van der Waals surface area contributed by atoms with E-state index in [4.69, 9.17) is 0 Å². The smallest absolute Gasteiger partial charge is 0.322 e. The summed E-state index contributed by atoms with van der Waals surface area (Å²) in [5, 5.41) is 7.76. The van der Waals surface area contributed by atoms with Gasteiger partial charge in [-0.2, -0.15) is 0 Å². The highest BCUT2D eigenvalue weighted by atomic mass is 16.2. The molecule has 1 atom stereocenters. The van der Waals surface area contributed by atoms with Gasteiger partial charge in [0.1, 0.15) is 11.4 Å². The first-order valence-corrected chi connectivity index (χ1v) is 11.2. The van der Waals surface area contributed by atoms with Crippen LogP contribution >= 0.6 is 0 Å². The summed E-state index contributed by atoms with van der Waals surface area (Å²) in [4.78, 5) is 46.8. The van der Waals surface area contributed by atoms with Gasteiger partial charge in [-0.15, -0.1) is 0 Å². The molecule has 3 heterocycles. The Labute approximate surface area is 190 Å². The minimum atomic E-state index is -1.15. The van der Waals surface area contributed by atoms with Gasteiger partial charge in [-0.25, -0.2) is 9.78 Å². The quantitative estimate of drug-likeness (QED) is 0.450. The molecule has 2 aliphatic rings. The number of anilines is 1. The maximum Gasteiger partial charge on any atom is 0.322 e. The number of fused-ring (bicyclic) bond motifs is 1. The van der Waals surface area contributed by atoms with Gasteiger partial charge < -0.3 is 15.6 Å². The van der Waals surface area contributed by atoms with Crippen LogP contribution in [0.25, 0.3) is 11.0 Å². The van der Waals surface area contributed by atoms with Crippen LogP contribution < -0.4 is 16.0 Å². The van der Waals surface area contributed by atoms with Crippen molar-refractivity contribution >= 4 is 34.6 Å². The molecular weight excluding hydrogens is 420 g/mol. The number of urea groups is 1. The number of hydrogen-bond donors (Lipinski definition) is 4. The molecule has 2 saturated heterocycles. The van der Waals surface area contributed by atoms with Gasteiger partial charge in [0.05, 0.1) is 17.6 Å². The van der Waals surface area contributed by atoms with Crippen molar-refractivity contribution in [1.82, 2.24) is 25.5 Å². The van der Waals surface area contributed by atoms with Gasteiger partial charge in [0, 0.05) is 11.3 Å². The maximum atomic E-state index is 12.8. The number of H-pyrrole nitrogens is 1. The fourth-order valence-corrected chi connectivity index (χ4v) is 4.45. The molecule has 0 radical (unpaired) electrons. The lowest BCUT2D eigenvalue weighted by Gasteiger charge is -2.25. The van der Waals surface area contributed by atoms with Crippen molar-refractivity contribution in [3.05, 3.63) is 59.4 Å². The fourth-order valence-electron chi connectivity index (χ4n) is 4.45. The van der Waals surface area contributed by atoms with Crippen LogP contribution in [0.3, 0.4) is 0 Å². The van der Waals surface area contributed by atoms with E-state index < -0.39 is 17.5 Å². The van der Waals surface area contributed by atoms with Crippen molar-refractivity contribution in [3.8, 4) is 0 Å². The minimum absolute atomic E-state index is 0.265. The van der Waals surface area contributed by atoms with Crippen LogP contribution in [0, 0.1) is 0 Å². The molecule has 0 bridgehead atoms. The highest BCUT2D eigenvalue weighted by molar-refractivity contribution is 6.08. The molecule has 2 fully saturated rings. The Kier molecular flexibility index (Phi) is 5.33. The van der Waals surface area contributed by atoms with Crippen molar-refractivity contribution in [2.45, 2.75) is 38.3 Å². The number of nitrogens with one attached hydrogen (secondary N) is 4. The number of benzene rings is 2. The Bertz CT molecular complexity index is 1230. The molecule has 0 spiro atoms. The third-order valence-electron chi connectivity index (χ3n) is 6.38. The lowest BCUT2D eigenvalue weighted by molar-refractivity contribution is -0.123. The average Bonchev–Trinajstić information content (AvgIpc) is 3.33. The molecule has 5 rings (SSSR count). The molecule has 3 aromatic rings. The van der Waals surface area contributed by atoms with E-state index in [-0.39, 0.29) is 5.91 Å². The number of nitrogens with zero attached hydrogens (tertiary/aromatic N) is 2. The number of likely N-dealkylation sites (tertiary alicyclic amines) is 1. The number of piperidine rings is 1. The third-order valence-corrected chi connectivity index (χ3v) is 6.38. The van der Waals surface area contributed by atoms with E-state index in [1.807, 2.05) is 18.2 Å². The van der Waals surface area contributed by atoms with Gasteiger partial charge >= 0.3 is 6.03 Å². The second-order valence-corrected chi connectivity index (χ2v) is 8.82. The first-order chi connectivity index (χ1) is 15.9. The second kappa shape index (κ2) is 8.32. The van der Waals surface area contributed by atoms with Gasteiger partial charge in [-0.1, -0.05) is 18.6 Å². The predicted molar refractivity (Wildman–Crippen MR) is 124 cm³/mol. The molecule has 0 saturated carbocycles. The Morgan fingerprint density at radius 1 is 1.09 bits per heavy atom. The number of hydrogen-bond acceptors (Lipinski definition) is 5. The summed E-state index contributed by atoms with van der Waals surface area (Å²) in [5.41, 5.74) is 2.31. The molecule has 9 heteroatoms. The van der Waals surface area contributed by atoms with Crippen LogP contribution in [0.2, 0.25) is 0 Å². The Balaban J connectivity index is 1.27. The molecule has 2 aliphatic heterocycles. The number of aromatic nitrogens is 2. The van der Waals surface area contributed by atoms with Crippen LogP contribution in [-0.2, 0) is 16.9 Å². The molecule has 2 aromatic carbocycles. The van der Waals surface area contributed by atoms with Gasteiger partial charge in [-0.05, 0) is 68.8 Å². The molecule has 1 unspecified atom stereocenters. The maximum absolute atomic E-state index is 12.8. The summed E-state index contributed by atoms with van der Waals surface area (Å²) in [6.07, 6.45) is 3.77. The van der Waals surface area contributed by atoms with Crippen LogP contribution in [0.5, 0.6) is 0 Å². The molecule has 170 valence electrons. The summed E-state index contributed by atoms with van der Waals surface area (Å²) >= 11 is 0. The van der Waals surface area contributed by atoms with Crippen LogP contribution in [0.15, 0.2) is 42.5 Å². The number of imidazole rings is 1. The predicted octanol–water partition coefficient (Wildman–Crippen LogP) is 2.86. The third kappa shape index (κ3) is 4.19. The van der Waals surface area contributed by atoms with Crippen molar-refractivity contribution in [2.24, 2.45) is 0 Å². The monoisotopic (exact) mass is 446 g/mol. The van der Waals surface area contributed by atoms with E-state index in [2.05, 4.69) is 30.8 Å². The summed E-state index contributed by atoms with van der Waals surface area (Å²) < 4.78 is 0. The zero-order valence-corrected chi connectivity index (χ0v) is 18.4. The van der Waals surface area contributed by atoms with Gasteiger partial charge in [-0.3, -0.25) is 19.8 Å².